The van der Waals surface area contributed by atoms with E-state index in [1.165, 1.54) is 11.3 Å². The summed E-state index contributed by atoms with van der Waals surface area (Å²) in [6.45, 7) is 0. The summed E-state index contributed by atoms with van der Waals surface area (Å²) in [6, 6.07) is 14.1. The third kappa shape index (κ3) is 2.94. The van der Waals surface area contributed by atoms with Crippen LogP contribution in [-0.4, -0.2) is 15.8 Å². The number of halogens is 2. The van der Waals surface area contributed by atoms with E-state index in [1.54, 1.807) is 24.4 Å². The van der Waals surface area contributed by atoms with Gasteiger partial charge < -0.3 is 5.73 Å². The van der Waals surface area contributed by atoms with Crippen LogP contribution in [-0.2, 0) is 0 Å². The van der Waals surface area contributed by atoms with Crippen molar-refractivity contribution in [2.24, 2.45) is 0 Å². The van der Waals surface area contributed by atoms with Gasteiger partial charge in [0.25, 0.3) is 0 Å². The summed E-state index contributed by atoms with van der Waals surface area (Å²) in [4.78, 5) is 22.9. The number of ketones is 1. The molecule has 0 bridgehead atoms. The largest absolute Gasteiger partial charge is 0.397 e. The number of nitrogen functional groups attached to an aromatic ring is 1. The van der Waals surface area contributed by atoms with Crippen LogP contribution >= 0.6 is 34.5 Å². The Balaban J connectivity index is 1.79. The van der Waals surface area contributed by atoms with Crippen molar-refractivity contribution in [3.8, 4) is 11.4 Å². The molecule has 0 saturated carbocycles. The van der Waals surface area contributed by atoms with Crippen LogP contribution in [0, 0.1) is 0 Å². The molecule has 7 heteroatoms. The fourth-order valence-corrected chi connectivity index (χ4v) is 3.95. The zero-order valence-corrected chi connectivity index (χ0v) is 15.6. The highest BCUT2D eigenvalue weighted by molar-refractivity contribution is 7.21. The zero-order chi connectivity index (χ0) is 18.3. The molecule has 0 unspecified atom stereocenters. The van der Waals surface area contributed by atoms with E-state index in [4.69, 9.17) is 28.9 Å². The number of thiophene rings is 1. The van der Waals surface area contributed by atoms with Gasteiger partial charge in [0.2, 0.25) is 5.78 Å². The Morgan fingerprint density at radius 1 is 1.00 bits per heavy atom. The van der Waals surface area contributed by atoms with Crippen LogP contribution in [0.5, 0.6) is 0 Å². The molecule has 3 aromatic heterocycles. The first-order chi connectivity index (χ1) is 12.5. The Hall–Kier alpha value is -2.47. The van der Waals surface area contributed by atoms with E-state index >= 15 is 0 Å². The van der Waals surface area contributed by atoms with Crippen LogP contribution in [0.2, 0.25) is 10.0 Å². The second-order valence-electron chi connectivity index (χ2n) is 5.57. The summed E-state index contributed by atoms with van der Waals surface area (Å²) in [5.41, 5.74) is 8.55. The van der Waals surface area contributed by atoms with Crippen molar-refractivity contribution < 1.29 is 4.79 Å². The lowest BCUT2D eigenvalue weighted by Crippen LogP contribution is -2.02. The second-order valence-corrected chi connectivity index (χ2v) is 7.38. The quantitative estimate of drug-likeness (QED) is 0.463. The summed E-state index contributed by atoms with van der Waals surface area (Å²) in [7, 11) is 0. The van der Waals surface area contributed by atoms with Crippen LogP contribution < -0.4 is 5.73 Å². The molecule has 4 nitrogen and oxygen atoms in total. The molecule has 4 rings (SSSR count). The number of carbonyl (C=O) groups excluding carboxylic acids is 1. The number of hydrogen-bond acceptors (Lipinski definition) is 5. The molecule has 0 aliphatic rings. The molecule has 0 atom stereocenters. The van der Waals surface area contributed by atoms with Crippen molar-refractivity contribution in [2.45, 2.75) is 0 Å². The van der Waals surface area contributed by atoms with Crippen LogP contribution in [0.1, 0.15) is 15.2 Å². The Bertz CT molecular complexity index is 1140. The van der Waals surface area contributed by atoms with Crippen molar-refractivity contribution in [3.05, 3.63) is 75.2 Å². The lowest BCUT2D eigenvalue weighted by molar-refractivity contribution is 0.104. The highest BCUT2D eigenvalue weighted by Crippen LogP contribution is 2.36. The van der Waals surface area contributed by atoms with Gasteiger partial charge in [-0.15, -0.1) is 11.3 Å². The summed E-state index contributed by atoms with van der Waals surface area (Å²) in [5, 5.41) is 1.47. The molecular formula is C19H11Cl2N3OS. The van der Waals surface area contributed by atoms with Gasteiger partial charge in [0.05, 0.1) is 27.1 Å². The number of anilines is 1. The maximum Gasteiger partial charge on any atom is 0.205 e. The van der Waals surface area contributed by atoms with Gasteiger partial charge in [0.15, 0.2) is 0 Å². The average molecular weight is 400 g/mol. The van der Waals surface area contributed by atoms with Gasteiger partial charge in [-0.2, -0.15) is 0 Å². The number of hydrogen-bond donors (Lipinski definition) is 1. The van der Waals surface area contributed by atoms with E-state index in [2.05, 4.69) is 9.97 Å². The predicted octanol–water partition coefficient (Wildman–Crippen LogP) is 5.48. The van der Waals surface area contributed by atoms with Gasteiger partial charge in [-0.3, -0.25) is 9.78 Å². The standard InChI is InChI=1S/C19H11Cl2N3OS/c20-12-6-4-10(9-13(12)21)17(25)18-16(22)11-5-7-15(24-19(11)26-18)14-3-1-2-8-23-14/h1-9H,22H2. The van der Waals surface area contributed by atoms with E-state index in [9.17, 15) is 4.79 Å². The molecule has 0 saturated heterocycles. The molecule has 4 aromatic rings. The van der Waals surface area contributed by atoms with Crippen molar-refractivity contribution in [3.63, 3.8) is 0 Å². The van der Waals surface area contributed by atoms with E-state index in [0.717, 1.165) is 16.8 Å². The molecule has 2 N–H and O–H groups in total. The number of rotatable bonds is 3. The number of nitrogens with zero attached hydrogens (tertiary/aromatic N) is 2. The zero-order valence-electron chi connectivity index (χ0n) is 13.2. The highest BCUT2D eigenvalue weighted by Gasteiger charge is 2.20. The van der Waals surface area contributed by atoms with Crippen LogP contribution in [0.3, 0.4) is 0 Å². The summed E-state index contributed by atoms with van der Waals surface area (Å²) in [6.07, 6.45) is 1.71. The minimum Gasteiger partial charge on any atom is -0.397 e. The molecule has 0 spiro atoms. The van der Waals surface area contributed by atoms with Crippen molar-refractivity contribution >= 4 is 56.2 Å². The van der Waals surface area contributed by atoms with Crippen LogP contribution in [0.4, 0.5) is 5.69 Å². The normalized spacial score (nSPS) is 11.0. The number of pyridine rings is 2. The summed E-state index contributed by atoms with van der Waals surface area (Å²) < 4.78 is 0. The number of fused-ring (bicyclic) bond motifs is 1. The number of carbonyl (C=O) groups is 1. The molecule has 26 heavy (non-hydrogen) atoms. The van der Waals surface area contributed by atoms with E-state index in [1.807, 2.05) is 30.3 Å². The van der Waals surface area contributed by atoms with Gasteiger partial charge in [0, 0.05) is 17.1 Å². The molecule has 128 valence electrons. The summed E-state index contributed by atoms with van der Waals surface area (Å²) >= 11 is 13.2. The molecule has 3 heterocycles. The SMILES string of the molecule is Nc1c(C(=O)c2ccc(Cl)c(Cl)c2)sc2nc(-c3ccccn3)ccc12. The Kier molecular flexibility index (Phi) is 4.36. The minimum absolute atomic E-state index is 0.205. The summed E-state index contributed by atoms with van der Waals surface area (Å²) in [5.74, 6) is -0.205. The molecule has 0 fully saturated rings. The number of nitrogens with two attached hydrogens (primary N) is 1. The van der Waals surface area contributed by atoms with Gasteiger partial charge in [-0.1, -0.05) is 29.3 Å². The number of aromatic nitrogens is 2. The van der Waals surface area contributed by atoms with Gasteiger partial charge in [-0.25, -0.2) is 4.98 Å². The Morgan fingerprint density at radius 3 is 2.58 bits per heavy atom. The first kappa shape index (κ1) is 17.0. The fourth-order valence-electron chi connectivity index (χ4n) is 2.59. The topological polar surface area (TPSA) is 68.9 Å². The van der Waals surface area contributed by atoms with Crippen LogP contribution in [0.25, 0.3) is 21.6 Å². The Morgan fingerprint density at radius 2 is 1.85 bits per heavy atom. The van der Waals surface area contributed by atoms with Gasteiger partial charge in [0.1, 0.15) is 9.71 Å². The van der Waals surface area contributed by atoms with Crippen molar-refractivity contribution in [1.29, 1.82) is 0 Å². The predicted molar refractivity (Wildman–Crippen MR) is 107 cm³/mol. The second kappa shape index (κ2) is 6.68. The van der Waals surface area contributed by atoms with Crippen molar-refractivity contribution in [1.82, 2.24) is 9.97 Å². The van der Waals surface area contributed by atoms with E-state index in [0.29, 0.717) is 31.0 Å². The van der Waals surface area contributed by atoms with E-state index < -0.39 is 0 Å². The molecule has 0 aliphatic heterocycles. The van der Waals surface area contributed by atoms with Gasteiger partial charge in [-0.05, 0) is 42.5 Å². The highest BCUT2D eigenvalue weighted by atomic mass is 35.5. The molecule has 0 amide bonds. The van der Waals surface area contributed by atoms with Crippen LogP contribution in [0.15, 0.2) is 54.7 Å². The third-order valence-electron chi connectivity index (χ3n) is 3.91. The molecular weight excluding hydrogens is 389 g/mol. The first-order valence-corrected chi connectivity index (χ1v) is 9.22. The minimum atomic E-state index is -0.205. The number of benzene rings is 1. The molecule has 0 aliphatic carbocycles. The van der Waals surface area contributed by atoms with Gasteiger partial charge >= 0.3 is 0 Å². The maximum absolute atomic E-state index is 12.8. The lowest BCUT2D eigenvalue weighted by atomic mass is 10.1. The van der Waals surface area contributed by atoms with Crippen molar-refractivity contribution in [2.75, 3.05) is 5.73 Å². The fraction of sp³-hybridized carbons (Fsp3) is 0. The monoisotopic (exact) mass is 399 g/mol. The van der Waals surface area contributed by atoms with E-state index in [-0.39, 0.29) is 5.78 Å². The molecule has 0 radical (unpaired) electrons. The lowest BCUT2D eigenvalue weighted by Gasteiger charge is -2.02. The average Bonchev–Trinajstić information content (AvgIpc) is 3.00. The maximum atomic E-state index is 12.8. The molecule has 1 aromatic carbocycles. The first-order valence-electron chi connectivity index (χ1n) is 7.65. The Labute approximate surface area is 163 Å². The smallest absolute Gasteiger partial charge is 0.205 e. The third-order valence-corrected chi connectivity index (χ3v) is 5.76.